The Morgan fingerprint density at radius 3 is 2.82 bits per heavy atom. The largest absolute Gasteiger partial charge is 0.298 e. The minimum atomic E-state index is 0.504. The normalized spacial score (nSPS) is 13.8. The number of aromatic nitrogens is 1. The molecule has 0 atom stereocenters. The maximum absolute atomic E-state index is 8.26. The molecule has 0 bridgehead atoms. The third-order valence-corrected chi connectivity index (χ3v) is 3.36. The summed E-state index contributed by atoms with van der Waals surface area (Å²) >= 11 is 6.00. The molecule has 0 saturated carbocycles. The Kier molecular flexibility index (Phi) is 2.45. The Morgan fingerprint density at radius 1 is 1.12 bits per heavy atom. The Bertz CT molecular complexity index is 605. The number of benzene rings is 1. The highest BCUT2D eigenvalue weighted by molar-refractivity contribution is 6.30. The predicted molar refractivity (Wildman–Crippen MR) is 69.0 cm³/mol. The molecule has 1 aliphatic carbocycles. The van der Waals surface area contributed by atoms with E-state index in [1.807, 2.05) is 30.3 Å². The Balaban J connectivity index is 2.20. The van der Waals surface area contributed by atoms with Gasteiger partial charge in [0, 0.05) is 16.8 Å². The molecule has 1 aromatic carbocycles. The van der Waals surface area contributed by atoms with E-state index in [2.05, 4.69) is 4.98 Å². The standard InChI is InChI=1S/C14H11ClN2/c15-11-5-6-12-10(8-11)4-3-9-2-1-7-17-14(9)13(12)16/h1-2,5-8,16H,3-4H2. The molecule has 0 aliphatic heterocycles. The van der Waals surface area contributed by atoms with Crippen molar-refractivity contribution in [3.8, 4) is 0 Å². The van der Waals surface area contributed by atoms with Crippen LogP contribution in [0.5, 0.6) is 0 Å². The Hall–Kier alpha value is -1.67. The monoisotopic (exact) mass is 242 g/mol. The van der Waals surface area contributed by atoms with Gasteiger partial charge in [0.15, 0.2) is 0 Å². The second kappa shape index (κ2) is 3.97. The molecule has 1 aromatic heterocycles. The molecule has 0 unspecified atom stereocenters. The number of rotatable bonds is 0. The molecule has 1 N–H and O–H groups in total. The highest BCUT2D eigenvalue weighted by Crippen LogP contribution is 2.25. The maximum atomic E-state index is 8.26. The van der Waals surface area contributed by atoms with Crippen molar-refractivity contribution in [2.24, 2.45) is 0 Å². The molecule has 1 heterocycles. The summed E-state index contributed by atoms with van der Waals surface area (Å²) in [5.41, 5.74) is 4.54. The lowest BCUT2D eigenvalue weighted by atomic mass is 10.0. The lowest BCUT2D eigenvalue weighted by Gasteiger charge is -2.07. The van der Waals surface area contributed by atoms with Crippen LogP contribution in [0.4, 0.5) is 0 Å². The predicted octanol–water partition coefficient (Wildman–Crippen LogP) is 3.25. The first-order chi connectivity index (χ1) is 8.25. The number of nitrogens with one attached hydrogen (secondary N) is 1. The van der Waals surface area contributed by atoms with E-state index in [1.165, 1.54) is 0 Å². The van der Waals surface area contributed by atoms with Gasteiger partial charge in [-0.15, -0.1) is 0 Å². The lowest BCUT2D eigenvalue weighted by Crippen LogP contribution is -2.06. The summed E-state index contributed by atoms with van der Waals surface area (Å²) in [5.74, 6) is 0. The highest BCUT2D eigenvalue weighted by atomic mass is 35.5. The lowest BCUT2D eigenvalue weighted by molar-refractivity contribution is 0.955. The first kappa shape index (κ1) is 10.5. The molecule has 2 nitrogen and oxygen atoms in total. The van der Waals surface area contributed by atoms with Crippen molar-refractivity contribution in [1.29, 1.82) is 5.41 Å². The maximum Gasteiger partial charge on any atom is 0.0917 e. The van der Waals surface area contributed by atoms with E-state index in [1.54, 1.807) is 6.20 Å². The third kappa shape index (κ3) is 1.75. The first-order valence-corrected chi connectivity index (χ1v) is 5.95. The van der Waals surface area contributed by atoms with Crippen molar-refractivity contribution in [3.63, 3.8) is 0 Å². The summed E-state index contributed by atoms with van der Waals surface area (Å²) < 4.78 is 0. The fourth-order valence-corrected chi connectivity index (χ4v) is 2.47. The van der Waals surface area contributed by atoms with Gasteiger partial charge in [0.2, 0.25) is 0 Å². The SMILES string of the molecule is N=C1c2ccc(Cl)cc2CCc2cccnc21. The Morgan fingerprint density at radius 2 is 1.94 bits per heavy atom. The average molecular weight is 243 g/mol. The van der Waals surface area contributed by atoms with Crippen LogP contribution in [0, 0.1) is 5.41 Å². The van der Waals surface area contributed by atoms with Crippen LogP contribution in [0.1, 0.15) is 22.4 Å². The van der Waals surface area contributed by atoms with Crippen LogP contribution in [-0.2, 0) is 12.8 Å². The smallest absolute Gasteiger partial charge is 0.0917 e. The van der Waals surface area contributed by atoms with Crippen molar-refractivity contribution < 1.29 is 0 Å². The van der Waals surface area contributed by atoms with Crippen LogP contribution in [0.25, 0.3) is 0 Å². The van der Waals surface area contributed by atoms with Crippen molar-refractivity contribution in [1.82, 2.24) is 4.98 Å². The minimum Gasteiger partial charge on any atom is -0.298 e. The Labute approximate surface area is 105 Å². The molecule has 84 valence electrons. The molecule has 2 aromatic rings. The molecule has 0 amide bonds. The molecular weight excluding hydrogens is 232 g/mol. The van der Waals surface area contributed by atoms with Gasteiger partial charge in [-0.05, 0) is 42.2 Å². The topological polar surface area (TPSA) is 36.7 Å². The molecule has 3 rings (SSSR count). The molecule has 1 aliphatic rings. The van der Waals surface area contributed by atoms with Gasteiger partial charge < -0.3 is 0 Å². The zero-order valence-corrected chi connectivity index (χ0v) is 9.96. The number of nitrogens with zero attached hydrogens (tertiary/aromatic N) is 1. The second-order valence-electron chi connectivity index (χ2n) is 4.19. The van der Waals surface area contributed by atoms with Crippen LogP contribution >= 0.6 is 11.6 Å². The van der Waals surface area contributed by atoms with Gasteiger partial charge in [0.25, 0.3) is 0 Å². The van der Waals surface area contributed by atoms with Crippen LogP contribution in [0.15, 0.2) is 36.5 Å². The summed E-state index contributed by atoms with van der Waals surface area (Å²) in [6.45, 7) is 0. The fraction of sp³-hybridized carbons (Fsp3) is 0.143. The van der Waals surface area contributed by atoms with Crippen LogP contribution in [0.2, 0.25) is 5.02 Å². The zero-order chi connectivity index (χ0) is 11.8. The van der Waals surface area contributed by atoms with Gasteiger partial charge in [-0.2, -0.15) is 0 Å². The number of hydrogen-bond donors (Lipinski definition) is 1. The van der Waals surface area contributed by atoms with Gasteiger partial charge in [-0.25, -0.2) is 0 Å². The summed E-state index contributed by atoms with van der Waals surface area (Å²) in [6.07, 6.45) is 3.57. The van der Waals surface area contributed by atoms with E-state index in [4.69, 9.17) is 17.0 Å². The number of pyridine rings is 1. The summed E-state index contributed by atoms with van der Waals surface area (Å²) in [5, 5.41) is 8.99. The van der Waals surface area contributed by atoms with Gasteiger partial charge in [-0.1, -0.05) is 23.7 Å². The van der Waals surface area contributed by atoms with Gasteiger partial charge in [0.1, 0.15) is 0 Å². The molecule has 0 radical (unpaired) electrons. The van der Waals surface area contributed by atoms with E-state index in [9.17, 15) is 0 Å². The van der Waals surface area contributed by atoms with Crippen molar-refractivity contribution in [3.05, 3.63) is 63.9 Å². The summed E-state index contributed by atoms with van der Waals surface area (Å²) in [6, 6.07) is 9.68. The number of aryl methyl sites for hydroxylation is 2. The second-order valence-corrected chi connectivity index (χ2v) is 4.62. The number of hydrogen-bond acceptors (Lipinski definition) is 2. The van der Waals surface area contributed by atoms with Crippen LogP contribution < -0.4 is 0 Å². The summed E-state index contributed by atoms with van der Waals surface area (Å²) in [4.78, 5) is 4.32. The van der Waals surface area contributed by atoms with E-state index in [-0.39, 0.29) is 0 Å². The molecule has 17 heavy (non-hydrogen) atoms. The molecule has 3 heteroatoms. The fourth-order valence-electron chi connectivity index (χ4n) is 2.28. The van der Waals surface area contributed by atoms with Crippen molar-refractivity contribution in [2.45, 2.75) is 12.8 Å². The quantitative estimate of drug-likeness (QED) is 0.757. The number of fused-ring (bicyclic) bond motifs is 2. The first-order valence-electron chi connectivity index (χ1n) is 5.57. The van der Waals surface area contributed by atoms with E-state index >= 15 is 0 Å². The van der Waals surface area contributed by atoms with Crippen molar-refractivity contribution >= 4 is 17.3 Å². The third-order valence-electron chi connectivity index (χ3n) is 3.13. The van der Waals surface area contributed by atoms with Crippen LogP contribution in [-0.4, -0.2) is 10.7 Å². The van der Waals surface area contributed by atoms with E-state index in [0.29, 0.717) is 5.71 Å². The molecule has 0 saturated heterocycles. The average Bonchev–Trinajstić information content (AvgIpc) is 2.48. The molecular formula is C14H11ClN2. The number of halogens is 1. The molecule has 0 fully saturated rings. The zero-order valence-electron chi connectivity index (χ0n) is 9.20. The summed E-state index contributed by atoms with van der Waals surface area (Å²) in [7, 11) is 0. The van der Waals surface area contributed by atoms with Crippen LogP contribution in [0.3, 0.4) is 0 Å². The van der Waals surface area contributed by atoms with E-state index in [0.717, 1.165) is 40.2 Å². The van der Waals surface area contributed by atoms with Gasteiger partial charge in [-0.3, -0.25) is 10.4 Å². The highest BCUT2D eigenvalue weighted by Gasteiger charge is 2.18. The minimum absolute atomic E-state index is 0.504. The van der Waals surface area contributed by atoms with Gasteiger partial charge in [0.05, 0.1) is 11.4 Å². The van der Waals surface area contributed by atoms with Crippen molar-refractivity contribution in [2.75, 3.05) is 0 Å². The van der Waals surface area contributed by atoms with Gasteiger partial charge >= 0.3 is 0 Å². The molecule has 0 spiro atoms. The van der Waals surface area contributed by atoms with E-state index < -0.39 is 0 Å².